The first kappa shape index (κ1) is 35.2. The molecule has 5 heteroatoms. The summed E-state index contributed by atoms with van der Waals surface area (Å²) in [5, 5.41) is 4.81. The minimum Gasteiger partial charge on any atom is -0.355 e. The zero-order valence-electron chi connectivity index (χ0n) is 31.1. The Balaban J connectivity index is 1.07. The Labute approximate surface area is 340 Å². The topological polar surface area (TPSA) is 38.0 Å². The fourth-order valence-corrected chi connectivity index (χ4v) is 8.43. The summed E-state index contributed by atoms with van der Waals surface area (Å²) in [7, 11) is 0. The van der Waals surface area contributed by atoms with Crippen LogP contribution < -0.4 is 0 Å². The first-order valence-electron chi connectivity index (χ1n) is 18.6. The van der Waals surface area contributed by atoms with Gasteiger partial charge in [-0.2, -0.15) is 0 Å². The van der Waals surface area contributed by atoms with Gasteiger partial charge in [-0.15, -0.1) is 12.8 Å². The van der Waals surface area contributed by atoms with E-state index in [1.54, 1.807) is 0 Å². The number of nitrogens with zero attached hydrogens (tertiary/aromatic N) is 3. The predicted molar refractivity (Wildman–Crippen MR) is 246 cm³/mol. The van der Waals surface area contributed by atoms with Gasteiger partial charge < -0.3 is 14.1 Å². The maximum atomic E-state index is 5.74. The van der Waals surface area contributed by atoms with Crippen molar-refractivity contribution in [2.45, 2.75) is 26.9 Å². The number of benzene rings is 5. The van der Waals surface area contributed by atoms with Crippen molar-refractivity contribution in [3.05, 3.63) is 176 Å². The lowest BCUT2D eigenvalue weighted by Gasteiger charge is -2.12. The quantitative estimate of drug-likeness (QED) is 0.117. The highest BCUT2D eigenvalue weighted by Crippen LogP contribution is 2.37. The van der Waals surface area contributed by atoms with Gasteiger partial charge in [0.1, 0.15) is 0 Å². The zero-order chi connectivity index (χ0) is 38.3. The molecule has 5 aromatic carbocycles. The third-order valence-electron chi connectivity index (χ3n) is 10.6. The van der Waals surface area contributed by atoms with Crippen molar-refractivity contribution in [2.24, 2.45) is 4.99 Å². The van der Waals surface area contributed by atoms with Gasteiger partial charge in [-0.1, -0.05) is 84.7 Å². The fraction of sp³-hybridized carbons (Fsp3) is 0.0784. The Kier molecular flexibility index (Phi) is 9.17. The number of aliphatic imine (C=N–C) groups is 1. The SMILES string of the molecule is C#CCn1c2ccccc2c2cc(/C=C/C3=NC(=C(/c4ccc(I)cc4)c4[nH]c(/C=C/c5ccc6c(c5)c5ccccc5n6CC#C)cc4C)/C(C)=C3)ccc21. The molecule has 9 rings (SSSR count). The van der Waals surface area contributed by atoms with E-state index in [1.807, 2.05) is 0 Å². The molecule has 0 spiro atoms. The second kappa shape index (κ2) is 14.6. The molecule has 0 atom stereocenters. The second-order valence-corrected chi connectivity index (χ2v) is 15.5. The largest absolute Gasteiger partial charge is 0.355 e. The fourth-order valence-electron chi connectivity index (χ4n) is 8.07. The van der Waals surface area contributed by atoms with E-state index < -0.39 is 0 Å². The lowest BCUT2D eigenvalue weighted by Crippen LogP contribution is -1.96. The van der Waals surface area contributed by atoms with E-state index in [-0.39, 0.29) is 0 Å². The van der Waals surface area contributed by atoms with Crippen LogP contribution in [0.1, 0.15) is 40.6 Å². The molecule has 0 saturated carbocycles. The number of fused-ring (bicyclic) bond motifs is 6. The van der Waals surface area contributed by atoms with Gasteiger partial charge in [0.2, 0.25) is 0 Å². The third kappa shape index (κ3) is 6.31. The van der Waals surface area contributed by atoms with Gasteiger partial charge in [-0.05, 0) is 137 Å². The summed E-state index contributed by atoms with van der Waals surface area (Å²) < 4.78 is 5.61. The van der Waals surface area contributed by atoms with Gasteiger partial charge in [0.25, 0.3) is 0 Å². The Hall–Kier alpha value is -6.54. The molecule has 0 fully saturated rings. The minimum absolute atomic E-state index is 0.535. The number of para-hydroxylation sites is 2. The van der Waals surface area contributed by atoms with Crippen LogP contribution in [0.3, 0.4) is 0 Å². The summed E-state index contributed by atoms with van der Waals surface area (Å²) in [5.74, 6) is 5.64. The van der Waals surface area contributed by atoms with Crippen molar-refractivity contribution in [3.8, 4) is 24.7 Å². The number of aromatic nitrogens is 3. The number of H-pyrrole nitrogens is 1. The summed E-state index contributed by atoms with van der Waals surface area (Å²) in [5.41, 5.74) is 15.3. The van der Waals surface area contributed by atoms with Gasteiger partial charge in [0.05, 0.1) is 41.2 Å². The molecule has 4 heterocycles. The van der Waals surface area contributed by atoms with E-state index in [0.29, 0.717) is 13.1 Å². The third-order valence-corrected chi connectivity index (χ3v) is 11.3. The molecule has 1 N–H and O–H groups in total. The Morgan fingerprint density at radius 2 is 1.21 bits per heavy atom. The molecule has 1 aliphatic rings. The van der Waals surface area contributed by atoms with Gasteiger partial charge in [-0.25, -0.2) is 4.99 Å². The van der Waals surface area contributed by atoms with Crippen LogP contribution in [0.25, 0.3) is 67.4 Å². The normalized spacial score (nSPS) is 14.0. The average molecular weight is 833 g/mol. The van der Waals surface area contributed by atoms with E-state index in [2.05, 4.69) is 208 Å². The molecular formula is C51H37IN4. The zero-order valence-corrected chi connectivity index (χ0v) is 33.3. The lowest BCUT2D eigenvalue weighted by molar-refractivity contribution is 0.924. The Bertz CT molecular complexity index is 3120. The van der Waals surface area contributed by atoms with E-state index in [0.717, 1.165) is 78.3 Å². The van der Waals surface area contributed by atoms with Crippen LogP contribution in [0.4, 0.5) is 0 Å². The maximum absolute atomic E-state index is 5.74. The van der Waals surface area contributed by atoms with Crippen LogP contribution in [0.15, 0.2) is 144 Å². The van der Waals surface area contributed by atoms with Crippen molar-refractivity contribution in [1.82, 2.24) is 14.1 Å². The number of allylic oxidation sites excluding steroid dienone is 3. The minimum atomic E-state index is 0.535. The van der Waals surface area contributed by atoms with E-state index in [9.17, 15) is 0 Å². The molecule has 0 aliphatic carbocycles. The average Bonchev–Trinajstić information content (AvgIpc) is 3.95. The molecule has 56 heavy (non-hydrogen) atoms. The molecule has 4 nitrogen and oxygen atoms in total. The number of halogens is 1. The standard InChI is InChI=1S/C51H37IN4/c1-5-27-55-45-13-9-7-11-41(45)43-31-35(17-25-47(43)55)15-23-39-29-33(3)50(53-39)49(37-19-21-38(52)22-20-37)51-34(4)30-40(54-51)24-16-36-18-26-48-44(32-36)42-12-8-10-14-46(42)56(48)28-6-2/h1-2,7-26,29-32,53H,27-28H2,3-4H3/b23-15+,24-16+,51-49-. The van der Waals surface area contributed by atoms with Gasteiger partial charge in [0.15, 0.2) is 0 Å². The van der Waals surface area contributed by atoms with Crippen LogP contribution in [0, 0.1) is 35.2 Å². The Morgan fingerprint density at radius 3 is 1.80 bits per heavy atom. The van der Waals surface area contributed by atoms with Gasteiger partial charge in [0, 0.05) is 47.4 Å². The van der Waals surface area contributed by atoms with Crippen molar-refractivity contribution < 1.29 is 0 Å². The summed E-state index contributed by atoms with van der Waals surface area (Å²) >= 11 is 2.36. The highest BCUT2D eigenvalue weighted by atomic mass is 127. The molecule has 268 valence electrons. The highest BCUT2D eigenvalue weighted by molar-refractivity contribution is 14.1. The lowest BCUT2D eigenvalue weighted by atomic mass is 9.96. The molecule has 0 amide bonds. The van der Waals surface area contributed by atoms with Crippen LogP contribution in [-0.4, -0.2) is 19.8 Å². The molecule has 0 saturated heterocycles. The Morgan fingerprint density at radius 1 is 0.661 bits per heavy atom. The van der Waals surface area contributed by atoms with Crippen molar-refractivity contribution in [2.75, 3.05) is 0 Å². The first-order valence-corrected chi connectivity index (χ1v) is 19.7. The van der Waals surface area contributed by atoms with Crippen molar-refractivity contribution in [3.63, 3.8) is 0 Å². The number of terminal acetylenes is 2. The highest BCUT2D eigenvalue weighted by Gasteiger charge is 2.21. The number of aromatic amines is 1. The monoisotopic (exact) mass is 832 g/mol. The molecule has 8 aromatic rings. The van der Waals surface area contributed by atoms with Crippen molar-refractivity contribution >= 4 is 95.7 Å². The predicted octanol–water partition coefficient (Wildman–Crippen LogP) is 12.5. The van der Waals surface area contributed by atoms with E-state index in [4.69, 9.17) is 17.8 Å². The number of hydrogen-bond donors (Lipinski definition) is 1. The van der Waals surface area contributed by atoms with E-state index >= 15 is 0 Å². The summed E-state index contributed by atoms with van der Waals surface area (Å²) in [4.78, 5) is 9.01. The molecular weight excluding hydrogens is 795 g/mol. The van der Waals surface area contributed by atoms with Crippen LogP contribution in [-0.2, 0) is 13.1 Å². The molecule has 0 radical (unpaired) electrons. The number of aryl methyl sites for hydroxylation is 1. The molecule has 0 bridgehead atoms. The van der Waals surface area contributed by atoms with Gasteiger partial charge >= 0.3 is 0 Å². The second-order valence-electron chi connectivity index (χ2n) is 14.2. The van der Waals surface area contributed by atoms with Crippen molar-refractivity contribution in [1.29, 1.82) is 0 Å². The molecule has 0 unspecified atom stereocenters. The maximum Gasteiger partial charge on any atom is 0.0841 e. The van der Waals surface area contributed by atoms with Crippen LogP contribution >= 0.6 is 22.6 Å². The number of hydrogen-bond acceptors (Lipinski definition) is 1. The number of nitrogens with one attached hydrogen (secondary N) is 1. The summed E-state index contributed by atoms with van der Waals surface area (Å²) in [6.45, 7) is 5.38. The van der Waals surface area contributed by atoms with Crippen LogP contribution in [0.2, 0.25) is 0 Å². The number of rotatable bonds is 8. The van der Waals surface area contributed by atoms with Crippen LogP contribution in [0.5, 0.6) is 0 Å². The van der Waals surface area contributed by atoms with Gasteiger partial charge in [-0.3, -0.25) is 0 Å². The molecule has 1 aliphatic heterocycles. The summed E-state index contributed by atoms with van der Waals surface area (Å²) in [6, 6.07) is 41.0. The molecule has 3 aromatic heterocycles. The summed E-state index contributed by atoms with van der Waals surface area (Å²) in [6.07, 6.45) is 22.2. The van der Waals surface area contributed by atoms with E-state index in [1.165, 1.54) is 25.1 Å². The smallest absolute Gasteiger partial charge is 0.0841 e. The first-order chi connectivity index (χ1) is 27.4.